The van der Waals surface area contributed by atoms with Crippen LogP contribution in [0.4, 0.5) is 11.4 Å². The van der Waals surface area contributed by atoms with Crippen LogP contribution in [0.3, 0.4) is 0 Å². The molecule has 0 spiro atoms. The van der Waals surface area contributed by atoms with Gasteiger partial charge >= 0.3 is 0 Å². The third-order valence-corrected chi connectivity index (χ3v) is 4.19. The number of anilines is 1. The monoisotopic (exact) mass is 335 g/mol. The average molecular weight is 335 g/mol. The summed E-state index contributed by atoms with van der Waals surface area (Å²) in [6.45, 7) is 3.17. The highest BCUT2D eigenvalue weighted by Crippen LogP contribution is 2.28. The van der Waals surface area contributed by atoms with Crippen molar-refractivity contribution in [3.8, 4) is 0 Å². The van der Waals surface area contributed by atoms with Gasteiger partial charge in [0.25, 0.3) is 0 Å². The van der Waals surface area contributed by atoms with Crippen LogP contribution in [-0.2, 0) is 6.42 Å². The van der Waals surface area contributed by atoms with Crippen molar-refractivity contribution in [1.82, 2.24) is 9.97 Å². The Morgan fingerprint density at radius 3 is 2.88 bits per heavy atom. The summed E-state index contributed by atoms with van der Waals surface area (Å²) in [5, 5.41) is 3.41. The van der Waals surface area contributed by atoms with Gasteiger partial charge in [-0.25, -0.2) is 0 Å². The molecule has 1 saturated carbocycles. The minimum atomic E-state index is 0.794. The molecule has 0 amide bonds. The summed E-state index contributed by atoms with van der Waals surface area (Å²) >= 11 is 0. The molecule has 5 nitrogen and oxygen atoms in total. The van der Waals surface area contributed by atoms with E-state index in [-0.39, 0.29) is 0 Å². The maximum absolute atomic E-state index is 5.77. The molecule has 0 aromatic carbocycles. The number of nitrogens with one attached hydrogen (secondary N) is 1. The van der Waals surface area contributed by atoms with Crippen LogP contribution in [0, 0.1) is 5.92 Å². The van der Waals surface area contributed by atoms with Crippen LogP contribution >= 0.6 is 0 Å². The van der Waals surface area contributed by atoms with Crippen molar-refractivity contribution in [2.75, 3.05) is 11.9 Å². The quantitative estimate of drug-likeness (QED) is 0.716. The van der Waals surface area contributed by atoms with E-state index in [4.69, 9.17) is 5.73 Å². The van der Waals surface area contributed by atoms with E-state index in [1.165, 1.54) is 19.0 Å². The highest BCUT2D eigenvalue weighted by molar-refractivity contribution is 6.09. The van der Waals surface area contributed by atoms with Crippen LogP contribution in [0.5, 0.6) is 0 Å². The molecule has 2 aromatic heterocycles. The molecule has 5 heteroatoms. The molecular formula is C20H25N5. The third-order valence-electron chi connectivity index (χ3n) is 4.19. The molecule has 0 unspecified atom stereocenters. The van der Waals surface area contributed by atoms with Gasteiger partial charge in [0.15, 0.2) is 0 Å². The zero-order valence-corrected chi connectivity index (χ0v) is 14.7. The standard InChI is InChI=1S/C20H25N5/c1-2-3-17-10-18(8-9-22-17)24-13-16(11-21)20-7-6-19(14-25-20)23-12-15-4-5-15/h6-11,13-15,23H,2-5,12,21H2,1H3. The Morgan fingerprint density at radius 2 is 2.20 bits per heavy atom. The first-order chi connectivity index (χ1) is 12.3. The van der Waals surface area contributed by atoms with Crippen LogP contribution in [0.25, 0.3) is 5.57 Å². The highest BCUT2D eigenvalue weighted by Gasteiger charge is 2.20. The molecule has 1 aliphatic rings. The van der Waals surface area contributed by atoms with Gasteiger partial charge < -0.3 is 11.1 Å². The van der Waals surface area contributed by atoms with Gasteiger partial charge in [-0.3, -0.25) is 15.0 Å². The van der Waals surface area contributed by atoms with Crippen molar-refractivity contribution >= 4 is 23.2 Å². The number of nitrogens with zero attached hydrogens (tertiary/aromatic N) is 3. The first-order valence-corrected chi connectivity index (χ1v) is 8.89. The van der Waals surface area contributed by atoms with E-state index >= 15 is 0 Å². The molecular weight excluding hydrogens is 310 g/mol. The second kappa shape index (κ2) is 8.42. The number of aliphatic imine (C=N–C) groups is 1. The number of pyridine rings is 2. The van der Waals surface area contributed by atoms with E-state index < -0.39 is 0 Å². The fourth-order valence-corrected chi connectivity index (χ4v) is 2.53. The second-order valence-corrected chi connectivity index (χ2v) is 6.39. The maximum Gasteiger partial charge on any atom is 0.0733 e. The Balaban J connectivity index is 1.66. The van der Waals surface area contributed by atoms with Gasteiger partial charge in [0, 0.05) is 36.4 Å². The van der Waals surface area contributed by atoms with Crippen LogP contribution in [0.2, 0.25) is 0 Å². The van der Waals surface area contributed by atoms with Crippen LogP contribution < -0.4 is 11.1 Å². The Labute approximate surface area is 149 Å². The molecule has 3 rings (SSSR count). The predicted molar refractivity (Wildman–Crippen MR) is 104 cm³/mol. The lowest BCUT2D eigenvalue weighted by molar-refractivity contribution is 0.883. The number of hydrogen-bond donors (Lipinski definition) is 2. The molecule has 2 aromatic rings. The summed E-state index contributed by atoms with van der Waals surface area (Å²) in [5.74, 6) is 0.837. The topological polar surface area (TPSA) is 76.2 Å². The van der Waals surface area contributed by atoms with Gasteiger partial charge in [-0.2, -0.15) is 0 Å². The first kappa shape index (κ1) is 17.1. The molecule has 0 saturated heterocycles. The van der Waals surface area contributed by atoms with Gasteiger partial charge in [-0.05, 0) is 49.4 Å². The predicted octanol–water partition coefficient (Wildman–Crippen LogP) is 3.95. The summed E-state index contributed by atoms with van der Waals surface area (Å²) in [4.78, 5) is 13.4. The second-order valence-electron chi connectivity index (χ2n) is 6.39. The number of hydrogen-bond acceptors (Lipinski definition) is 5. The molecule has 0 bridgehead atoms. The van der Waals surface area contributed by atoms with Crippen molar-refractivity contribution in [2.45, 2.75) is 32.6 Å². The molecule has 0 aliphatic heterocycles. The summed E-state index contributed by atoms with van der Waals surface area (Å²) in [6, 6.07) is 7.90. The number of aryl methyl sites for hydroxylation is 1. The van der Waals surface area contributed by atoms with Crippen molar-refractivity contribution in [1.29, 1.82) is 0 Å². The van der Waals surface area contributed by atoms with Crippen molar-refractivity contribution in [2.24, 2.45) is 16.6 Å². The molecule has 1 aliphatic carbocycles. The lowest BCUT2D eigenvalue weighted by atomic mass is 10.2. The fourth-order valence-electron chi connectivity index (χ4n) is 2.53. The normalized spacial score (nSPS) is 14.8. The molecule has 130 valence electrons. The maximum atomic E-state index is 5.77. The SMILES string of the molecule is CCCc1cc(N=CC(=CN)c2ccc(NCC3CC3)cn2)ccn1. The van der Waals surface area contributed by atoms with E-state index in [0.717, 1.165) is 53.6 Å². The molecule has 25 heavy (non-hydrogen) atoms. The van der Waals surface area contributed by atoms with E-state index in [2.05, 4.69) is 27.2 Å². The third kappa shape index (κ3) is 5.14. The first-order valence-electron chi connectivity index (χ1n) is 8.89. The van der Waals surface area contributed by atoms with Gasteiger partial charge in [-0.15, -0.1) is 0 Å². The Kier molecular flexibility index (Phi) is 5.77. The number of rotatable bonds is 8. The Hall–Kier alpha value is -2.69. The number of aromatic nitrogens is 2. The van der Waals surface area contributed by atoms with Gasteiger partial charge in [0.2, 0.25) is 0 Å². The van der Waals surface area contributed by atoms with Crippen molar-refractivity contribution in [3.05, 3.63) is 54.2 Å². The van der Waals surface area contributed by atoms with Gasteiger partial charge in [0.05, 0.1) is 23.3 Å². The van der Waals surface area contributed by atoms with Crippen LogP contribution in [0.15, 0.2) is 47.9 Å². The smallest absolute Gasteiger partial charge is 0.0733 e. The van der Waals surface area contributed by atoms with Gasteiger partial charge in [0.1, 0.15) is 0 Å². The molecule has 3 N–H and O–H groups in total. The van der Waals surface area contributed by atoms with Crippen LogP contribution in [-0.4, -0.2) is 22.7 Å². The average Bonchev–Trinajstić information content (AvgIpc) is 3.47. The molecule has 1 fully saturated rings. The van der Waals surface area contributed by atoms with Crippen molar-refractivity contribution in [3.63, 3.8) is 0 Å². The molecule has 2 heterocycles. The molecule has 0 radical (unpaired) electrons. The van der Waals surface area contributed by atoms with E-state index in [1.54, 1.807) is 12.4 Å². The largest absolute Gasteiger partial charge is 0.404 e. The Morgan fingerprint density at radius 1 is 1.32 bits per heavy atom. The van der Waals surface area contributed by atoms with E-state index in [0.29, 0.717) is 0 Å². The highest BCUT2D eigenvalue weighted by atomic mass is 14.9. The van der Waals surface area contributed by atoms with E-state index in [9.17, 15) is 0 Å². The number of allylic oxidation sites excluding steroid dienone is 1. The zero-order chi connectivity index (χ0) is 17.5. The molecule has 0 atom stereocenters. The fraction of sp³-hybridized carbons (Fsp3) is 0.350. The zero-order valence-electron chi connectivity index (χ0n) is 14.7. The summed E-state index contributed by atoms with van der Waals surface area (Å²) in [5.41, 5.74) is 10.3. The van der Waals surface area contributed by atoms with Crippen molar-refractivity contribution < 1.29 is 0 Å². The summed E-state index contributed by atoms with van der Waals surface area (Å²) < 4.78 is 0. The van der Waals surface area contributed by atoms with Crippen LogP contribution in [0.1, 0.15) is 37.6 Å². The summed E-state index contributed by atoms with van der Waals surface area (Å²) in [7, 11) is 0. The minimum Gasteiger partial charge on any atom is -0.404 e. The number of nitrogens with two attached hydrogens (primary N) is 1. The van der Waals surface area contributed by atoms with Gasteiger partial charge in [-0.1, -0.05) is 13.3 Å². The lowest BCUT2D eigenvalue weighted by Gasteiger charge is -2.06. The minimum absolute atomic E-state index is 0.794. The van der Waals surface area contributed by atoms with E-state index in [1.807, 2.05) is 30.5 Å². The Bertz CT molecular complexity index is 745. The summed E-state index contributed by atoms with van der Waals surface area (Å²) in [6.07, 6.45) is 11.6. The lowest BCUT2D eigenvalue weighted by Crippen LogP contribution is -2.04.